The summed E-state index contributed by atoms with van der Waals surface area (Å²) in [5, 5.41) is 8.66. The van der Waals surface area contributed by atoms with E-state index in [1.165, 1.54) is 0 Å². The predicted molar refractivity (Wildman–Crippen MR) is 103 cm³/mol. The average Bonchev–Trinajstić information content (AvgIpc) is 3.34. The summed E-state index contributed by atoms with van der Waals surface area (Å²) in [7, 11) is 1.79. The lowest BCUT2D eigenvalue weighted by atomic mass is 9.93. The topological polar surface area (TPSA) is 93.0 Å². The molecule has 0 unspecified atom stereocenters. The van der Waals surface area contributed by atoms with Crippen LogP contribution in [0, 0.1) is 0 Å². The normalized spacial score (nSPS) is 20.3. The van der Waals surface area contributed by atoms with E-state index in [4.69, 9.17) is 4.74 Å². The molecule has 0 spiro atoms. The van der Waals surface area contributed by atoms with Gasteiger partial charge >= 0.3 is 0 Å². The highest BCUT2D eigenvalue weighted by molar-refractivity contribution is 5.93. The molecule has 2 N–H and O–H groups in total. The number of rotatable bonds is 4. The second-order valence-corrected chi connectivity index (χ2v) is 6.99. The summed E-state index contributed by atoms with van der Waals surface area (Å²) in [4.78, 5) is 16.7. The Morgan fingerprint density at radius 3 is 2.93 bits per heavy atom. The zero-order chi connectivity index (χ0) is 18.2. The lowest BCUT2D eigenvalue weighted by Gasteiger charge is -2.28. The molecule has 0 bridgehead atoms. The van der Waals surface area contributed by atoms with Crippen molar-refractivity contribution in [2.75, 3.05) is 12.4 Å². The Morgan fingerprint density at radius 2 is 2.07 bits per heavy atom. The number of nitrogens with zero attached hydrogens (tertiary/aromatic N) is 5. The molecule has 8 nitrogen and oxygen atoms in total. The molecule has 0 amide bonds. The number of anilines is 1. The van der Waals surface area contributed by atoms with Gasteiger partial charge in [0, 0.05) is 48.3 Å². The third-order valence-electron chi connectivity index (χ3n) is 5.36. The maximum absolute atomic E-state index is 5.44. The van der Waals surface area contributed by atoms with Gasteiger partial charge in [0.05, 0.1) is 6.10 Å². The van der Waals surface area contributed by atoms with E-state index >= 15 is 0 Å². The summed E-state index contributed by atoms with van der Waals surface area (Å²) in [6, 6.07) is 4.39. The van der Waals surface area contributed by atoms with Crippen LogP contribution in [0.15, 0.2) is 37.1 Å². The molecular weight excluding hydrogens is 342 g/mol. The Labute approximate surface area is 156 Å². The van der Waals surface area contributed by atoms with Crippen molar-refractivity contribution in [2.24, 2.45) is 0 Å². The second-order valence-electron chi connectivity index (χ2n) is 6.99. The van der Waals surface area contributed by atoms with Crippen LogP contribution in [0.1, 0.15) is 25.7 Å². The number of fused-ring (bicyclic) bond motifs is 2. The first-order chi connectivity index (χ1) is 13.3. The molecule has 4 aromatic heterocycles. The summed E-state index contributed by atoms with van der Waals surface area (Å²) in [6.45, 7) is 0. The van der Waals surface area contributed by atoms with Crippen molar-refractivity contribution in [3.63, 3.8) is 0 Å². The molecule has 5 rings (SSSR count). The predicted octanol–water partition coefficient (Wildman–Crippen LogP) is 3.04. The number of hydrogen-bond acceptors (Lipinski definition) is 6. The average molecular weight is 363 g/mol. The Kier molecular flexibility index (Phi) is 3.97. The van der Waals surface area contributed by atoms with Crippen molar-refractivity contribution in [3.05, 3.63) is 37.1 Å². The molecule has 1 aliphatic rings. The molecule has 4 aromatic rings. The molecular formula is C19H21N7O. The van der Waals surface area contributed by atoms with Crippen molar-refractivity contribution in [1.29, 1.82) is 0 Å². The third kappa shape index (κ3) is 3.02. The van der Waals surface area contributed by atoms with Crippen molar-refractivity contribution in [3.8, 4) is 11.1 Å². The van der Waals surface area contributed by atoms with Gasteiger partial charge in [-0.3, -0.25) is 0 Å². The largest absolute Gasteiger partial charge is 0.381 e. The number of aromatic amines is 1. The number of pyridine rings is 1. The molecule has 138 valence electrons. The minimum Gasteiger partial charge on any atom is -0.381 e. The summed E-state index contributed by atoms with van der Waals surface area (Å²) in [6.07, 6.45) is 12.1. The van der Waals surface area contributed by atoms with E-state index in [1.54, 1.807) is 18.0 Å². The van der Waals surface area contributed by atoms with E-state index < -0.39 is 0 Å². The smallest absolute Gasteiger partial charge is 0.224 e. The van der Waals surface area contributed by atoms with Crippen LogP contribution < -0.4 is 5.32 Å². The highest BCUT2D eigenvalue weighted by Gasteiger charge is 2.21. The maximum Gasteiger partial charge on any atom is 0.224 e. The molecule has 0 aromatic carbocycles. The number of ether oxygens (including phenoxy) is 1. The van der Waals surface area contributed by atoms with Gasteiger partial charge in [0.1, 0.15) is 12.0 Å². The first-order valence-electron chi connectivity index (χ1n) is 9.23. The number of aromatic nitrogens is 6. The number of nitrogens with one attached hydrogen (secondary N) is 2. The monoisotopic (exact) mass is 363 g/mol. The van der Waals surface area contributed by atoms with Gasteiger partial charge in [-0.05, 0) is 37.8 Å². The Balaban J connectivity index is 1.39. The molecule has 0 atom stereocenters. The van der Waals surface area contributed by atoms with Gasteiger partial charge in [0.15, 0.2) is 5.65 Å². The van der Waals surface area contributed by atoms with Gasteiger partial charge in [-0.2, -0.15) is 10.1 Å². The number of H-pyrrole nitrogens is 1. The van der Waals surface area contributed by atoms with Crippen LogP contribution in [0.4, 0.5) is 5.95 Å². The molecule has 1 aliphatic carbocycles. The highest BCUT2D eigenvalue weighted by atomic mass is 16.5. The molecule has 4 heterocycles. The maximum atomic E-state index is 5.44. The first-order valence-corrected chi connectivity index (χ1v) is 9.23. The van der Waals surface area contributed by atoms with Crippen LogP contribution in [-0.2, 0) is 4.74 Å². The highest BCUT2D eigenvalue weighted by Crippen LogP contribution is 2.28. The summed E-state index contributed by atoms with van der Waals surface area (Å²) < 4.78 is 7.20. The van der Waals surface area contributed by atoms with Crippen LogP contribution in [-0.4, -0.2) is 48.8 Å². The second kappa shape index (κ2) is 6.62. The fourth-order valence-electron chi connectivity index (χ4n) is 3.82. The van der Waals surface area contributed by atoms with Crippen molar-refractivity contribution >= 4 is 22.6 Å². The fraction of sp³-hybridized carbons (Fsp3) is 0.368. The van der Waals surface area contributed by atoms with E-state index in [1.807, 2.05) is 30.7 Å². The lowest BCUT2D eigenvalue weighted by Crippen LogP contribution is -2.29. The fourth-order valence-corrected chi connectivity index (χ4v) is 3.82. The van der Waals surface area contributed by atoms with E-state index in [2.05, 4.69) is 30.4 Å². The summed E-state index contributed by atoms with van der Waals surface area (Å²) in [5.74, 6) is 0.670. The van der Waals surface area contributed by atoms with Crippen LogP contribution in [0.2, 0.25) is 0 Å². The molecule has 0 radical (unpaired) electrons. The Bertz CT molecular complexity index is 1080. The molecule has 1 fully saturated rings. The summed E-state index contributed by atoms with van der Waals surface area (Å²) in [5.41, 5.74) is 3.74. The van der Waals surface area contributed by atoms with Gasteiger partial charge in [-0.1, -0.05) is 0 Å². The number of hydrogen-bond donors (Lipinski definition) is 2. The Hall–Kier alpha value is -3.00. The van der Waals surface area contributed by atoms with Crippen molar-refractivity contribution in [2.45, 2.75) is 37.8 Å². The molecule has 0 saturated heterocycles. The van der Waals surface area contributed by atoms with Crippen molar-refractivity contribution < 1.29 is 4.74 Å². The number of methoxy groups -OCH3 is 1. The molecule has 27 heavy (non-hydrogen) atoms. The SMILES string of the molecule is COC1CCC(Nc2ncc3c(-c4ccc5ncnn5c4)c[nH]c3n2)CC1. The van der Waals surface area contributed by atoms with Crippen LogP contribution in [0.3, 0.4) is 0 Å². The van der Waals surface area contributed by atoms with Gasteiger partial charge in [0.25, 0.3) is 0 Å². The van der Waals surface area contributed by atoms with E-state index in [-0.39, 0.29) is 0 Å². The van der Waals surface area contributed by atoms with Gasteiger partial charge in [-0.15, -0.1) is 0 Å². The van der Waals surface area contributed by atoms with E-state index in [0.29, 0.717) is 18.1 Å². The summed E-state index contributed by atoms with van der Waals surface area (Å²) >= 11 is 0. The zero-order valence-electron chi connectivity index (χ0n) is 15.1. The van der Waals surface area contributed by atoms with Gasteiger partial charge in [-0.25, -0.2) is 14.5 Å². The lowest BCUT2D eigenvalue weighted by molar-refractivity contribution is 0.0681. The quantitative estimate of drug-likeness (QED) is 0.579. The van der Waals surface area contributed by atoms with Crippen LogP contribution in [0.5, 0.6) is 0 Å². The standard InChI is InChI=1S/C19H21N7O/c1-27-14-5-3-13(4-6-14)24-19-21-9-16-15(8-20-18(16)25-19)12-2-7-17-22-11-23-26(17)10-12/h2,7-11,13-14H,3-6H2,1H3,(H2,20,21,24,25). The molecule has 0 aliphatic heterocycles. The van der Waals surface area contributed by atoms with E-state index in [0.717, 1.165) is 53.5 Å². The van der Waals surface area contributed by atoms with Crippen LogP contribution in [0.25, 0.3) is 27.8 Å². The minimum absolute atomic E-state index is 0.389. The van der Waals surface area contributed by atoms with Crippen LogP contribution >= 0.6 is 0 Å². The molecule has 1 saturated carbocycles. The van der Waals surface area contributed by atoms with E-state index in [9.17, 15) is 0 Å². The minimum atomic E-state index is 0.389. The first kappa shape index (κ1) is 16.2. The van der Waals surface area contributed by atoms with Crippen molar-refractivity contribution in [1.82, 2.24) is 29.5 Å². The van der Waals surface area contributed by atoms with Gasteiger partial charge < -0.3 is 15.0 Å². The Morgan fingerprint density at radius 1 is 1.19 bits per heavy atom. The third-order valence-corrected chi connectivity index (χ3v) is 5.36. The van der Waals surface area contributed by atoms with Gasteiger partial charge in [0.2, 0.25) is 5.95 Å². The molecule has 8 heteroatoms. The zero-order valence-corrected chi connectivity index (χ0v) is 15.1.